The zero-order valence-electron chi connectivity index (χ0n) is 12.5. The Morgan fingerprint density at radius 2 is 2.19 bits per heavy atom. The van der Waals surface area contributed by atoms with E-state index in [2.05, 4.69) is 16.6 Å². The maximum Gasteiger partial charge on any atom is 0.542 e. The van der Waals surface area contributed by atoms with E-state index in [9.17, 15) is 9.59 Å². The van der Waals surface area contributed by atoms with Crippen molar-refractivity contribution in [3.8, 4) is 0 Å². The third kappa shape index (κ3) is 2.30. The van der Waals surface area contributed by atoms with Crippen molar-refractivity contribution in [2.75, 3.05) is 0 Å². The SMILES string of the molecule is CC1=C2CC([C@H](C)c3noc(=O)o3)CC[C@@]2(C)C=CC1=O. The monoisotopic (exact) mass is 289 g/mol. The van der Waals surface area contributed by atoms with Gasteiger partial charge in [0.2, 0.25) is 5.89 Å². The highest BCUT2D eigenvalue weighted by Crippen LogP contribution is 2.50. The molecule has 3 atom stereocenters. The van der Waals surface area contributed by atoms with Gasteiger partial charge in [-0.3, -0.25) is 9.32 Å². The zero-order valence-corrected chi connectivity index (χ0v) is 12.5. The molecular weight excluding hydrogens is 270 g/mol. The Morgan fingerprint density at radius 1 is 1.43 bits per heavy atom. The van der Waals surface area contributed by atoms with Gasteiger partial charge in [0.05, 0.1) is 0 Å². The third-order valence-corrected chi connectivity index (χ3v) is 5.11. The molecule has 112 valence electrons. The fraction of sp³-hybridized carbons (Fsp3) is 0.562. The van der Waals surface area contributed by atoms with Gasteiger partial charge in [-0.25, -0.2) is 4.79 Å². The molecule has 1 heterocycles. The van der Waals surface area contributed by atoms with Gasteiger partial charge in [0.1, 0.15) is 0 Å². The van der Waals surface area contributed by atoms with Crippen molar-refractivity contribution in [3.63, 3.8) is 0 Å². The molecule has 1 fully saturated rings. The lowest BCUT2D eigenvalue weighted by Gasteiger charge is -2.41. The first-order chi connectivity index (χ1) is 9.90. The van der Waals surface area contributed by atoms with E-state index in [1.165, 1.54) is 5.57 Å². The normalized spacial score (nSPS) is 30.4. The van der Waals surface area contributed by atoms with Crippen molar-refractivity contribution in [1.82, 2.24) is 5.16 Å². The van der Waals surface area contributed by atoms with Gasteiger partial charge in [0.25, 0.3) is 0 Å². The molecule has 1 unspecified atom stereocenters. The first kappa shape index (κ1) is 14.0. The minimum Gasteiger partial charge on any atom is -0.375 e. The lowest BCUT2D eigenvalue weighted by atomic mass is 9.62. The molecule has 2 aliphatic rings. The number of ketones is 1. The molecule has 5 nitrogen and oxygen atoms in total. The Balaban J connectivity index is 1.88. The zero-order chi connectivity index (χ0) is 15.2. The van der Waals surface area contributed by atoms with E-state index >= 15 is 0 Å². The van der Waals surface area contributed by atoms with Crippen LogP contribution in [0.2, 0.25) is 0 Å². The van der Waals surface area contributed by atoms with Crippen LogP contribution in [0.1, 0.15) is 51.8 Å². The lowest BCUT2D eigenvalue weighted by Crippen LogP contribution is -2.32. The fourth-order valence-electron chi connectivity index (χ4n) is 3.54. The molecular formula is C16H19NO4. The van der Waals surface area contributed by atoms with Crippen LogP contribution in [0, 0.1) is 11.3 Å². The van der Waals surface area contributed by atoms with E-state index in [-0.39, 0.29) is 17.1 Å². The largest absolute Gasteiger partial charge is 0.542 e. The number of nitrogens with zero attached hydrogens (tertiary/aromatic N) is 1. The summed E-state index contributed by atoms with van der Waals surface area (Å²) in [6.07, 6.45) is 6.55. The Bertz CT molecular complexity index is 693. The number of hydrogen-bond donors (Lipinski definition) is 0. The van der Waals surface area contributed by atoms with E-state index < -0.39 is 5.82 Å². The molecule has 3 rings (SSSR count). The minimum atomic E-state index is -0.760. The molecule has 0 radical (unpaired) electrons. The van der Waals surface area contributed by atoms with Crippen molar-refractivity contribution in [2.24, 2.45) is 11.3 Å². The standard InChI is InChI=1S/C16H19NO4/c1-9(14-17-21-15(19)20-14)11-4-6-16(3)7-5-13(18)10(2)12(16)8-11/h5,7,9,11H,4,6,8H2,1-3H3/t9-,11?,16-/m0/s1. The summed E-state index contributed by atoms with van der Waals surface area (Å²) in [5.41, 5.74) is 2.06. The smallest absolute Gasteiger partial charge is 0.375 e. The molecule has 1 aromatic rings. The number of hydrogen-bond acceptors (Lipinski definition) is 5. The van der Waals surface area contributed by atoms with Crippen LogP contribution < -0.4 is 5.82 Å². The van der Waals surface area contributed by atoms with Gasteiger partial charge in [0.15, 0.2) is 5.78 Å². The number of carbonyl (C=O) groups is 1. The maximum atomic E-state index is 11.9. The predicted molar refractivity (Wildman–Crippen MR) is 75.7 cm³/mol. The van der Waals surface area contributed by atoms with Crippen LogP contribution in [0.5, 0.6) is 0 Å². The second-order valence-corrected chi connectivity index (χ2v) is 6.38. The first-order valence-electron chi connectivity index (χ1n) is 7.31. The van der Waals surface area contributed by atoms with Gasteiger partial charge >= 0.3 is 5.82 Å². The van der Waals surface area contributed by atoms with Gasteiger partial charge in [0, 0.05) is 11.3 Å². The second kappa shape index (κ2) is 4.83. The van der Waals surface area contributed by atoms with E-state index in [1.54, 1.807) is 6.08 Å². The van der Waals surface area contributed by atoms with Crippen molar-refractivity contribution in [1.29, 1.82) is 0 Å². The van der Waals surface area contributed by atoms with Crippen LogP contribution in [0.3, 0.4) is 0 Å². The molecule has 0 spiro atoms. The van der Waals surface area contributed by atoms with Crippen LogP contribution in [0.4, 0.5) is 0 Å². The molecule has 5 heteroatoms. The lowest BCUT2D eigenvalue weighted by molar-refractivity contribution is -0.111. The van der Waals surface area contributed by atoms with Gasteiger partial charge in [-0.05, 0) is 48.9 Å². The van der Waals surface area contributed by atoms with E-state index in [0.29, 0.717) is 11.8 Å². The predicted octanol–water partition coefficient (Wildman–Crippen LogP) is 2.99. The molecule has 0 bridgehead atoms. The van der Waals surface area contributed by atoms with Crippen molar-refractivity contribution in [2.45, 2.75) is 46.0 Å². The topological polar surface area (TPSA) is 73.3 Å². The highest BCUT2D eigenvalue weighted by molar-refractivity contribution is 6.05. The van der Waals surface area contributed by atoms with Crippen molar-refractivity contribution < 1.29 is 13.7 Å². The molecule has 0 aliphatic heterocycles. The molecule has 1 aromatic heterocycles. The number of allylic oxidation sites excluding steroid dienone is 4. The maximum absolute atomic E-state index is 11.9. The van der Waals surface area contributed by atoms with Crippen molar-refractivity contribution >= 4 is 5.78 Å². The van der Waals surface area contributed by atoms with Gasteiger partial charge in [-0.15, -0.1) is 0 Å². The van der Waals surface area contributed by atoms with E-state index in [1.807, 2.05) is 19.9 Å². The first-order valence-corrected chi connectivity index (χ1v) is 7.31. The molecule has 1 saturated carbocycles. The number of rotatable bonds is 2. The minimum absolute atomic E-state index is 0.00214. The quantitative estimate of drug-likeness (QED) is 0.836. The Kier molecular flexibility index (Phi) is 3.23. The average molecular weight is 289 g/mol. The van der Waals surface area contributed by atoms with Crippen LogP contribution in [0.25, 0.3) is 0 Å². The van der Waals surface area contributed by atoms with Crippen molar-refractivity contribution in [3.05, 3.63) is 39.8 Å². The van der Waals surface area contributed by atoms with Crippen LogP contribution >= 0.6 is 0 Å². The molecule has 0 amide bonds. The summed E-state index contributed by atoms with van der Waals surface area (Å²) in [6.45, 7) is 6.08. The Hall–Kier alpha value is -1.91. The second-order valence-electron chi connectivity index (χ2n) is 6.38. The fourth-order valence-corrected chi connectivity index (χ4v) is 3.54. The summed E-state index contributed by atoms with van der Waals surface area (Å²) in [5.74, 6) is -0.00478. The number of fused-ring (bicyclic) bond motifs is 1. The highest BCUT2D eigenvalue weighted by atomic mass is 16.6. The highest BCUT2D eigenvalue weighted by Gasteiger charge is 2.40. The summed E-state index contributed by atoms with van der Waals surface area (Å²) in [7, 11) is 0. The Morgan fingerprint density at radius 3 is 2.86 bits per heavy atom. The third-order valence-electron chi connectivity index (χ3n) is 5.11. The molecule has 0 aromatic carbocycles. The van der Waals surface area contributed by atoms with E-state index in [4.69, 9.17) is 4.42 Å². The molecule has 0 saturated heterocycles. The van der Waals surface area contributed by atoms with Crippen LogP contribution in [-0.2, 0) is 4.79 Å². The number of carbonyl (C=O) groups excluding carboxylic acids is 1. The number of aromatic nitrogens is 1. The summed E-state index contributed by atoms with van der Waals surface area (Å²) in [6, 6.07) is 0. The van der Waals surface area contributed by atoms with Gasteiger partial charge < -0.3 is 4.42 Å². The van der Waals surface area contributed by atoms with Crippen LogP contribution in [-0.4, -0.2) is 10.9 Å². The molecule has 0 N–H and O–H groups in total. The van der Waals surface area contributed by atoms with E-state index in [0.717, 1.165) is 24.8 Å². The summed E-state index contributed by atoms with van der Waals surface area (Å²) < 4.78 is 9.47. The average Bonchev–Trinajstić information content (AvgIpc) is 2.89. The Labute approximate surface area is 122 Å². The van der Waals surface area contributed by atoms with Gasteiger partial charge in [-0.2, -0.15) is 0 Å². The van der Waals surface area contributed by atoms with Gasteiger partial charge in [-0.1, -0.05) is 25.5 Å². The molecule has 2 aliphatic carbocycles. The summed E-state index contributed by atoms with van der Waals surface area (Å²) in [5, 5.41) is 3.70. The summed E-state index contributed by atoms with van der Waals surface area (Å²) in [4.78, 5) is 22.9. The molecule has 21 heavy (non-hydrogen) atoms. The summed E-state index contributed by atoms with van der Waals surface area (Å²) >= 11 is 0. The van der Waals surface area contributed by atoms with Crippen LogP contribution in [0.15, 0.2) is 37.0 Å².